The van der Waals surface area contributed by atoms with Gasteiger partial charge in [-0.25, -0.2) is 9.37 Å². The Morgan fingerprint density at radius 3 is 2.62 bits per heavy atom. The van der Waals surface area contributed by atoms with Gasteiger partial charge >= 0.3 is 0 Å². The minimum atomic E-state index is -0.478. The second-order valence-electron chi connectivity index (χ2n) is 6.50. The van der Waals surface area contributed by atoms with Crippen LogP contribution >= 0.6 is 11.6 Å². The third kappa shape index (κ3) is 2.73. The van der Waals surface area contributed by atoms with Crippen LogP contribution in [0.25, 0.3) is 22.1 Å². The van der Waals surface area contributed by atoms with Gasteiger partial charge in [-0.3, -0.25) is 0 Å². The lowest BCUT2D eigenvalue weighted by atomic mass is 10.0. The topological polar surface area (TPSA) is 84.5 Å². The zero-order valence-corrected chi connectivity index (χ0v) is 15.1. The molecule has 0 aliphatic carbocycles. The molecule has 4 N–H and O–H groups in total. The van der Waals surface area contributed by atoms with Crippen molar-refractivity contribution < 1.29 is 8.81 Å². The zero-order valence-electron chi connectivity index (χ0n) is 14.3. The van der Waals surface area contributed by atoms with Gasteiger partial charge in [-0.15, -0.1) is 0 Å². The van der Waals surface area contributed by atoms with E-state index in [9.17, 15) is 4.39 Å². The van der Waals surface area contributed by atoms with Crippen LogP contribution in [0.5, 0.6) is 0 Å². The number of rotatable bonds is 2. The molecule has 1 aliphatic rings. The number of piperazine rings is 1. The first-order valence-electron chi connectivity index (χ1n) is 8.31. The minimum absolute atomic E-state index is 0.0360. The van der Waals surface area contributed by atoms with Crippen LogP contribution in [-0.4, -0.2) is 43.1 Å². The fraction of sp³-hybridized carbons (Fsp3) is 0.278. The highest BCUT2D eigenvalue weighted by Crippen LogP contribution is 2.42. The molecule has 0 bridgehead atoms. The Bertz CT molecular complexity index is 981. The monoisotopic (exact) mass is 375 g/mol. The number of nitrogens with zero attached hydrogens (tertiary/aromatic N) is 3. The summed E-state index contributed by atoms with van der Waals surface area (Å²) in [4.78, 5) is 9.02. The van der Waals surface area contributed by atoms with E-state index in [2.05, 4.69) is 21.8 Å². The molecule has 1 fully saturated rings. The van der Waals surface area contributed by atoms with E-state index in [0.717, 1.165) is 26.2 Å². The number of benzene rings is 1. The van der Waals surface area contributed by atoms with Crippen LogP contribution in [0.4, 0.5) is 21.8 Å². The minimum Gasteiger partial charge on any atom is -0.435 e. The Labute approximate surface area is 155 Å². The standard InChI is InChI=1S/C18H19ClFN5O/c1-24-4-6-25(7-5-24)18-16-14(15(21)17(22)26-16)11(9-23-18)10-2-3-13(20)12(19)8-10/h2-3,8-9H,4-7,21-22H2,1H3. The van der Waals surface area contributed by atoms with E-state index in [0.29, 0.717) is 33.6 Å². The van der Waals surface area contributed by atoms with Crippen molar-refractivity contribution >= 4 is 40.0 Å². The summed E-state index contributed by atoms with van der Waals surface area (Å²) in [6.07, 6.45) is 1.71. The number of hydrogen-bond acceptors (Lipinski definition) is 6. The van der Waals surface area contributed by atoms with Crippen LogP contribution in [0.1, 0.15) is 0 Å². The molecular formula is C18H19ClFN5O. The lowest BCUT2D eigenvalue weighted by molar-refractivity contribution is 0.312. The number of hydrogen-bond donors (Lipinski definition) is 2. The molecule has 1 aromatic carbocycles. The van der Waals surface area contributed by atoms with Crippen molar-refractivity contribution in [3.63, 3.8) is 0 Å². The zero-order chi connectivity index (χ0) is 18.4. The number of aromatic nitrogens is 1. The second-order valence-corrected chi connectivity index (χ2v) is 6.91. The van der Waals surface area contributed by atoms with Gasteiger partial charge in [0.25, 0.3) is 0 Å². The molecule has 4 rings (SSSR count). The highest BCUT2D eigenvalue weighted by atomic mass is 35.5. The summed E-state index contributed by atoms with van der Waals surface area (Å²) in [6, 6.07) is 4.50. The third-order valence-electron chi connectivity index (χ3n) is 4.80. The molecule has 2 aromatic heterocycles. The number of nitrogens with two attached hydrogens (primary N) is 2. The maximum atomic E-state index is 13.5. The van der Waals surface area contributed by atoms with Crippen molar-refractivity contribution in [2.45, 2.75) is 0 Å². The molecule has 0 saturated carbocycles. The predicted octanol–water partition coefficient (Wildman–Crippen LogP) is 3.20. The molecule has 1 saturated heterocycles. The highest BCUT2D eigenvalue weighted by molar-refractivity contribution is 6.31. The number of anilines is 3. The molecule has 136 valence electrons. The molecule has 0 unspecified atom stereocenters. The summed E-state index contributed by atoms with van der Waals surface area (Å²) in [5, 5.41) is 0.711. The largest absolute Gasteiger partial charge is 0.435 e. The molecule has 8 heteroatoms. The Hall–Kier alpha value is -2.51. The Morgan fingerprint density at radius 2 is 1.92 bits per heavy atom. The van der Waals surface area contributed by atoms with Gasteiger partial charge < -0.3 is 25.7 Å². The molecule has 0 amide bonds. The smallest absolute Gasteiger partial charge is 0.215 e. The summed E-state index contributed by atoms with van der Waals surface area (Å²) >= 11 is 5.94. The molecular weight excluding hydrogens is 357 g/mol. The van der Waals surface area contributed by atoms with Crippen LogP contribution in [0.15, 0.2) is 28.8 Å². The fourth-order valence-electron chi connectivity index (χ4n) is 3.26. The van der Waals surface area contributed by atoms with E-state index in [1.807, 2.05) is 0 Å². The lowest BCUT2D eigenvalue weighted by Gasteiger charge is -2.33. The summed E-state index contributed by atoms with van der Waals surface area (Å²) in [7, 11) is 2.09. The van der Waals surface area contributed by atoms with Gasteiger partial charge in [0.2, 0.25) is 5.88 Å². The number of fused-ring (bicyclic) bond motifs is 1. The van der Waals surface area contributed by atoms with Crippen molar-refractivity contribution in [2.24, 2.45) is 0 Å². The van der Waals surface area contributed by atoms with Gasteiger partial charge in [-0.2, -0.15) is 0 Å². The van der Waals surface area contributed by atoms with Crippen LogP contribution in [-0.2, 0) is 0 Å². The lowest BCUT2D eigenvalue weighted by Crippen LogP contribution is -2.44. The van der Waals surface area contributed by atoms with Crippen LogP contribution in [0.2, 0.25) is 5.02 Å². The second kappa shape index (κ2) is 6.34. The van der Waals surface area contributed by atoms with Crippen LogP contribution in [0, 0.1) is 5.82 Å². The maximum absolute atomic E-state index is 13.5. The summed E-state index contributed by atoms with van der Waals surface area (Å²) in [6.45, 7) is 3.54. The van der Waals surface area contributed by atoms with Gasteiger partial charge in [-0.05, 0) is 24.7 Å². The van der Waals surface area contributed by atoms with Gasteiger partial charge in [0.1, 0.15) is 11.5 Å². The number of likely N-dealkylation sites (N-methyl/N-ethyl adjacent to an activating group) is 1. The SMILES string of the molecule is CN1CCN(c2ncc(-c3ccc(F)c(Cl)c3)c3c(N)c(N)oc23)CC1. The highest BCUT2D eigenvalue weighted by Gasteiger charge is 2.24. The molecule has 0 atom stereocenters. The van der Waals surface area contributed by atoms with Crippen LogP contribution < -0.4 is 16.4 Å². The summed E-state index contributed by atoms with van der Waals surface area (Å²) < 4.78 is 19.3. The third-order valence-corrected chi connectivity index (χ3v) is 5.09. The van der Waals surface area contributed by atoms with E-state index in [-0.39, 0.29) is 10.9 Å². The Balaban J connectivity index is 1.88. The summed E-state index contributed by atoms with van der Waals surface area (Å²) in [5.41, 5.74) is 14.4. The van der Waals surface area contributed by atoms with E-state index >= 15 is 0 Å². The number of pyridine rings is 1. The molecule has 1 aliphatic heterocycles. The predicted molar refractivity (Wildman–Crippen MR) is 103 cm³/mol. The van der Waals surface area contributed by atoms with Crippen molar-refractivity contribution in [1.82, 2.24) is 9.88 Å². The molecule has 3 aromatic rings. The molecule has 6 nitrogen and oxygen atoms in total. The van der Waals surface area contributed by atoms with E-state index in [4.69, 9.17) is 27.5 Å². The molecule has 0 radical (unpaired) electrons. The first kappa shape index (κ1) is 16.9. The number of halogens is 2. The average molecular weight is 376 g/mol. The number of furan rings is 1. The molecule has 0 spiro atoms. The van der Waals surface area contributed by atoms with Crippen molar-refractivity contribution in [3.05, 3.63) is 35.2 Å². The normalized spacial score (nSPS) is 15.7. The average Bonchev–Trinajstić information content (AvgIpc) is 2.93. The van der Waals surface area contributed by atoms with Gasteiger partial charge in [-0.1, -0.05) is 17.7 Å². The first-order valence-corrected chi connectivity index (χ1v) is 8.69. The van der Waals surface area contributed by atoms with Crippen molar-refractivity contribution in [2.75, 3.05) is 49.6 Å². The fourth-order valence-corrected chi connectivity index (χ4v) is 3.44. The molecule has 26 heavy (non-hydrogen) atoms. The Morgan fingerprint density at radius 1 is 1.19 bits per heavy atom. The van der Waals surface area contributed by atoms with E-state index < -0.39 is 5.82 Å². The quantitative estimate of drug-likeness (QED) is 0.715. The molecule has 3 heterocycles. The first-order chi connectivity index (χ1) is 12.5. The van der Waals surface area contributed by atoms with Gasteiger partial charge in [0, 0.05) is 37.9 Å². The Kier molecular flexibility index (Phi) is 4.13. The summed E-state index contributed by atoms with van der Waals surface area (Å²) in [5.74, 6) is 0.389. The van der Waals surface area contributed by atoms with Crippen molar-refractivity contribution in [3.8, 4) is 11.1 Å². The van der Waals surface area contributed by atoms with Crippen molar-refractivity contribution in [1.29, 1.82) is 0 Å². The van der Waals surface area contributed by atoms with Crippen LogP contribution in [0.3, 0.4) is 0 Å². The van der Waals surface area contributed by atoms with E-state index in [1.165, 1.54) is 6.07 Å². The van der Waals surface area contributed by atoms with Gasteiger partial charge in [0.15, 0.2) is 11.4 Å². The van der Waals surface area contributed by atoms with E-state index in [1.54, 1.807) is 18.3 Å². The maximum Gasteiger partial charge on any atom is 0.215 e. The van der Waals surface area contributed by atoms with Gasteiger partial charge in [0.05, 0.1) is 10.4 Å². The number of nitrogen functional groups attached to an aromatic ring is 2.